The van der Waals surface area contributed by atoms with E-state index in [0.717, 1.165) is 42.9 Å². The standard InChI is InChI=1S/C22H31N3O3/c1-5-28-21(26)22(13-18-8-6-9-20(12-18)27-4)10-7-11-25(16-22)15-19-14-24(3)23-17(19)2/h6,8-9,12,14H,5,7,10-11,13,15-16H2,1-4H3/t22-/m0/s1. The van der Waals surface area contributed by atoms with E-state index in [1.165, 1.54) is 5.56 Å². The van der Waals surface area contributed by atoms with Gasteiger partial charge in [0.15, 0.2) is 0 Å². The quantitative estimate of drug-likeness (QED) is 0.686. The minimum atomic E-state index is -0.531. The lowest BCUT2D eigenvalue weighted by molar-refractivity contribution is -0.159. The van der Waals surface area contributed by atoms with Crippen molar-refractivity contribution in [1.82, 2.24) is 14.7 Å². The number of hydrogen-bond donors (Lipinski definition) is 0. The molecule has 1 fully saturated rings. The second kappa shape index (κ2) is 8.78. The maximum absolute atomic E-state index is 13.1. The fourth-order valence-corrected chi connectivity index (χ4v) is 4.25. The monoisotopic (exact) mass is 385 g/mol. The smallest absolute Gasteiger partial charge is 0.313 e. The number of esters is 1. The molecule has 3 rings (SSSR count). The van der Waals surface area contributed by atoms with Crippen molar-refractivity contribution in [3.63, 3.8) is 0 Å². The van der Waals surface area contributed by atoms with Crippen LogP contribution in [0.5, 0.6) is 5.75 Å². The molecule has 2 heterocycles. The molecule has 1 atom stereocenters. The Balaban J connectivity index is 1.83. The Kier molecular flexibility index (Phi) is 6.39. The summed E-state index contributed by atoms with van der Waals surface area (Å²) in [6, 6.07) is 7.99. The minimum absolute atomic E-state index is 0.0922. The summed E-state index contributed by atoms with van der Waals surface area (Å²) < 4.78 is 12.7. The van der Waals surface area contributed by atoms with E-state index in [1.807, 2.05) is 43.8 Å². The second-order valence-corrected chi connectivity index (χ2v) is 7.76. The number of aromatic nitrogens is 2. The van der Waals surface area contributed by atoms with Gasteiger partial charge in [0.1, 0.15) is 5.75 Å². The Hall–Kier alpha value is -2.34. The average molecular weight is 386 g/mol. The van der Waals surface area contributed by atoms with Gasteiger partial charge in [-0.2, -0.15) is 5.10 Å². The second-order valence-electron chi connectivity index (χ2n) is 7.76. The number of methoxy groups -OCH3 is 1. The largest absolute Gasteiger partial charge is 0.497 e. The van der Waals surface area contributed by atoms with Crippen LogP contribution in [0, 0.1) is 12.3 Å². The SMILES string of the molecule is CCOC(=O)[C@]1(Cc2cccc(OC)c2)CCCN(Cc2cn(C)nc2C)C1. The van der Waals surface area contributed by atoms with Crippen molar-refractivity contribution in [2.45, 2.75) is 39.7 Å². The summed E-state index contributed by atoms with van der Waals surface area (Å²) in [5, 5.41) is 4.45. The molecule has 1 aromatic heterocycles. The number of hydrogen-bond acceptors (Lipinski definition) is 5. The highest BCUT2D eigenvalue weighted by atomic mass is 16.5. The van der Waals surface area contributed by atoms with Gasteiger partial charge in [-0.25, -0.2) is 0 Å². The third-order valence-electron chi connectivity index (χ3n) is 5.55. The van der Waals surface area contributed by atoms with Crippen LogP contribution in [0.15, 0.2) is 30.5 Å². The number of carbonyl (C=O) groups excluding carboxylic acids is 1. The molecule has 1 aromatic carbocycles. The van der Waals surface area contributed by atoms with Crippen molar-refractivity contribution in [3.8, 4) is 5.75 Å². The van der Waals surface area contributed by atoms with Crippen molar-refractivity contribution in [2.24, 2.45) is 12.5 Å². The van der Waals surface area contributed by atoms with Gasteiger partial charge in [-0.05, 0) is 57.4 Å². The lowest BCUT2D eigenvalue weighted by Crippen LogP contribution is -2.49. The molecule has 0 spiro atoms. The van der Waals surface area contributed by atoms with Gasteiger partial charge in [0.2, 0.25) is 0 Å². The molecule has 2 aromatic rings. The predicted molar refractivity (Wildman–Crippen MR) is 108 cm³/mol. The lowest BCUT2D eigenvalue weighted by atomic mass is 9.75. The van der Waals surface area contributed by atoms with Gasteiger partial charge >= 0.3 is 5.97 Å². The number of piperidine rings is 1. The third kappa shape index (κ3) is 4.55. The average Bonchev–Trinajstić information content (AvgIpc) is 2.99. The summed E-state index contributed by atoms with van der Waals surface area (Å²) in [5.41, 5.74) is 2.83. The van der Waals surface area contributed by atoms with Gasteiger partial charge in [-0.1, -0.05) is 12.1 Å². The summed E-state index contributed by atoms with van der Waals surface area (Å²) in [5.74, 6) is 0.723. The van der Waals surface area contributed by atoms with Crippen LogP contribution < -0.4 is 4.74 Å². The van der Waals surface area contributed by atoms with Crippen molar-refractivity contribution < 1.29 is 14.3 Å². The molecule has 0 aliphatic carbocycles. The Morgan fingerprint density at radius 1 is 1.36 bits per heavy atom. The van der Waals surface area contributed by atoms with E-state index in [4.69, 9.17) is 9.47 Å². The highest BCUT2D eigenvalue weighted by Crippen LogP contribution is 2.36. The Labute approximate surface area is 167 Å². The highest BCUT2D eigenvalue weighted by molar-refractivity contribution is 5.78. The van der Waals surface area contributed by atoms with Gasteiger partial charge in [0.25, 0.3) is 0 Å². The Morgan fingerprint density at radius 2 is 2.18 bits per heavy atom. The van der Waals surface area contributed by atoms with Gasteiger partial charge in [-0.15, -0.1) is 0 Å². The fraction of sp³-hybridized carbons (Fsp3) is 0.545. The third-order valence-corrected chi connectivity index (χ3v) is 5.55. The fourth-order valence-electron chi connectivity index (χ4n) is 4.25. The van der Waals surface area contributed by atoms with E-state index >= 15 is 0 Å². The first-order valence-electron chi connectivity index (χ1n) is 9.97. The van der Waals surface area contributed by atoms with E-state index in [1.54, 1.807) is 7.11 Å². The van der Waals surface area contributed by atoms with Gasteiger partial charge in [0, 0.05) is 31.9 Å². The molecular formula is C22H31N3O3. The molecule has 0 amide bonds. The number of nitrogens with zero attached hydrogens (tertiary/aromatic N) is 3. The van der Waals surface area contributed by atoms with Crippen LogP contribution in [0.25, 0.3) is 0 Å². The Bertz CT molecular complexity index is 817. The molecule has 0 N–H and O–H groups in total. The van der Waals surface area contributed by atoms with Gasteiger partial charge < -0.3 is 9.47 Å². The molecule has 0 unspecified atom stereocenters. The van der Waals surface area contributed by atoms with Crippen molar-refractivity contribution >= 4 is 5.97 Å². The molecule has 152 valence electrons. The van der Waals surface area contributed by atoms with Crippen molar-refractivity contribution in [1.29, 1.82) is 0 Å². The van der Waals surface area contributed by atoms with Crippen LogP contribution in [0.1, 0.15) is 36.6 Å². The van der Waals surface area contributed by atoms with Crippen LogP contribution in [-0.2, 0) is 29.5 Å². The highest BCUT2D eigenvalue weighted by Gasteiger charge is 2.43. The molecular weight excluding hydrogens is 354 g/mol. The molecule has 6 nitrogen and oxygen atoms in total. The first kappa shape index (κ1) is 20.4. The summed E-state index contributed by atoms with van der Waals surface area (Å²) in [6.45, 7) is 6.79. The molecule has 0 saturated carbocycles. The topological polar surface area (TPSA) is 56.6 Å². The van der Waals surface area contributed by atoms with E-state index in [0.29, 0.717) is 19.6 Å². The zero-order valence-corrected chi connectivity index (χ0v) is 17.4. The normalized spacial score (nSPS) is 20.1. The van der Waals surface area contributed by atoms with Crippen LogP contribution >= 0.6 is 0 Å². The molecule has 6 heteroatoms. The first-order valence-corrected chi connectivity index (χ1v) is 9.97. The van der Waals surface area contributed by atoms with Crippen LogP contribution in [0.4, 0.5) is 0 Å². The van der Waals surface area contributed by atoms with Gasteiger partial charge in [0.05, 0.1) is 24.8 Å². The van der Waals surface area contributed by atoms with Crippen molar-refractivity contribution in [2.75, 3.05) is 26.8 Å². The van der Waals surface area contributed by atoms with E-state index in [9.17, 15) is 4.79 Å². The molecule has 28 heavy (non-hydrogen) atoms. The number of benzene rings is 1. The minimum Gasteiger partial charge on any atom is -0.497 e. The molecule has 0 radical (unpaired) electrons. The summed E-state index contributed by atoms with van der Waals surface area (Å²) >= 11 is 0. The van der Waals surface area contributed by atoms with Gasteiger partial charge in [-0.3, -0.25) is 14.4 Å². The van der Waals surface area contributed by atoms with Crippen molar-refractivity contribution in [3.05, 3.63) is 47.3 Å². The summed E-state index contributed by atoms with van der Waals surface area (Å²) in [7, 11) is 3.61. The molecule has 0 bridgehead atoms. The zero-order chi connectivity index (χ0) is 20.1. The number of rotatable bonds is 7. The van der Waals surface area contributed by atoms with E-state index in [-0.39, 0.29) is 5.97 Å². The maximum atomic E-state index is 13.1. The maximum Gasteiger partial charge on any atom is 0.313 e. The van der Waals surface area contributed by atoms with Crippen LogP contribution in [0.3, 0.4) is 0 Å². The number of ether oxygens (including phenoxy) is 2. The zero-order valence-electron chi connectivity index (χ0n) is 17.4. The Morgan fingerprint density at radius 3 is 2.86 bits per heavy atom. The van der Waals surface area contributed by atoms with Crippen LogP contribution in [-0.4, -0.2) is 47.5 Å². The number of aryl methyl sites for hydroxylation is 2. The molecule has 1 aliphatic heterocycles. The number of carbonyl (C=O) groups is 1. The predicted octanol–water partition coefficient (Wildman–Crippen LogP) is 3.13. The number of likely N-dealkylation sites (tertiary alicyclic amines) is 1. The van der Waals surface area contributed by atoms with E-state index < -0.39 is 5.41 Å². The summed E-state index contributed by atoms with van der Waals surface area (Å²) in [4.78, 5) is 15.4. The van der Waals surface area contributed by atoms with E-state index in [2.05, 4.69) is 22.3 Å². The molecule has 1 aliphatic rings. The lowest BCUT2D eigenvalue weighted by Gasteiger charge is -2.41. The van der Waals surface area contributed by atoms with Crippen LogP contribution in [0.2, 0.25) is 0 Å². The molecule has 1 saturated heterocycles. The summed E-state index contributed by atoms with van der Waals surface area (Å²) in [6.07, 6.45) is 4.54. The first-order chi connectivity index (χ1) is 13.5.